The van der Waals surface area contributed by atoms with Crippen LogP contribution in [0, 0.1) is 0 Å². The van der Waals surface area contributed by atoms with Crippen LogP contribution in [0.25, 0.3) is 109 Å². The average molecular weight is 610 g/mol. The van der Waals surface area contributed by atoms with E-state index in [4.69, 9.17) is 4.42 Å². The van der Waals surface area contributed by atoms with E-state index in [2.05, 4.69) is 151 Å². The molecule has 11 rings (SSSR count). The molecule has 0 fully saturated rings. The average Bonchev–Trinajstić information content (AvgIpc) is 3.72. The van der Waals surface area contributed by atoms with Gasteiger partial charge in [-0.05, 0) is 90.3 Å². The third-order valence-corrected chi connectivity index (χ3v) is 10.4. The largest absolute Gasteiger partial charge is 0.456 e. The Morgan fingerprint density at radius 1 is 0.333 bits per heavy atom. The van der Waals surface area contributed by atoms with Gasteiger partial charge in [-0.3, -0.25) is 0 Å². The zero-order chi connectivity index (χ0) is 31.3. The van der Waals surface area contributed by atoms with Gasteiger partial charge in [0.25, 0.3) is 0 Å². The number of aromatic amines is 1. The van der Waals surface area contributed by atoms with Gasteiger partial charge in [0, 0.05) is 32.4 Å². The Hall–Kier alpha value is -6.38. The lowest BCUT2D eigenvalue weighted by atomic mass is 9.85. The van der Waals surface area contributed by atoms with E-state index < -0.39 is 0 Å². The molecule has 9 aromatic carbocycles. The molecular weight excluding hydrogens is 583 g/mol. The van der Waals surface area contributed by atoms with Gasteiger partial charge in [-0.1, -0.05) is 127 Å². The summed E-state index contributed by atoms with van der Waals surface area (Å²) < 4.78 is 6.20. The SMILES string of the molecule is c1ccc2c(c1)oc1ccc(-c3c4ccccc4c(-c4ccc5[nH]c6c7ccccc7c7ccccc7c6c5c4)c4ccccc34)cc12. The van der Waals surface area contributed by atoms with E-state index in [-0.39, 0.29) is 0 Å². The molecule has 2 nitrogen and oxygen atoms in total. The third-order valence-electron chi connectivity index (χ3n) is 10.4. The van der Waals surface area contributed by atoms with Crippen molar-refractivity contribution in [3.05, 3.63) is 158 Å². The van der Waals surface area contributed by atoms with Crippen LogP contribution in [0.15, 0.2) is 162 Å². The van der Waals surface area contributed by atoms with Crippen molar-refractivity contribution in [2.45, 2.75) is 0 Å². The number of benzene rings is 9. The molecule has 0 saturated heterocycles. The molecule has 48 heavy (non-hydrogen) atoms. The van der Waals surface area contributed by atoms with Gasteiger partial charge in [0.15, 0.2) is 0 Å². The van der Waals surface area contributed by atoms with Crippen LogP contribution in [-0.4, -0.2) is 4.98 Å². The fraction of sp³-hybridized carbons (Fsp3) is 0. The quantitative estimate of drug-likeness (QED) is 0.153. The molecule has 0 bridgehead atoms. The Balaban J connectivity index is 1.23. The van der Waals surface area contributed by atoms with Crippen molar-refractivity contribution in [1.29, 1.82) is 0 Å². The Labute approximate surface area is 275 Å². The second kappa shape index (κ2) is 9.57. The number of rotatable bonds is 2. The summed E-state index contributed by atoms with van der Waals surface area (Å²) in [5, 5.41) is 14.9. The Kier molecular flexibility index (Phi) is 5.14. The molecule has 2 aromatic heterocycles. The van der Waals surface area contributed by atoms with Crippen molar-refractivity contribution in [1.82, 2.24) is 4.98 Å². The summed E-state index contributed by atoms with van der Waals surface area (Å²) in [5.74, 6) is 0. The Morgan fingerprint density at radius 2 is 0.792 bits per heavy atom. The van der Waals surface area contributed by atoms with E-state index in [1.807, 2.05) is 12.1 Å². The summed E-state index contributed by atoms with van der Waals surface area (Å²) in [7, 11) is 0. The summed E-state index contributed by atoms with van der Waals surface area (Å²) in [6, 6.07) is 57.3. The Bertz CT molecular complexity index is 3060. The first-order valence-electron chi connectivity index (χ1n) is 16.5. The highest BCUT2D eigenvalue weighted by atomic mass is 16.3. The van der Waals surface area contributed by atoms with Crippen LogP contribution in [0.2, 0.25) is 0 Å². The molecule has 2 heteroatoms. The predicted octanol–water partition coefficient (Wildman–Crippen LogP) is 13.2. The first-order chi connectivity index (χ1) is 23.8. The van der Waals surface area contributed by atoms with Crippen LogP contribution in [0.5, 0.6) is 0 Å². The lowest BCUT2D eigenvalue weighted by Gasteiger charge is -2.18. The van der Waals surface area contributed by atoms with E-state index in [1.54, 1.807) is 0 Å². The summed E-state index contributed by atoms with van der Waals surface area (Å²) in [4.78, 5) is 3.81. The number of H-pyrrole nitrogens is 1. The van der Waals surface area contributed by atoms with Crippen molar-refractivity contribution >= 4 is 86.8 Å². The monoisotopic (exact) mass is 609 g/mol. The summed E-state index contributed by atoms with van der Waals surface area (Å²) in [6.45, 7) is 0. The third kappa shape index (κ3) is 3.46. The van der Waals surface area contributed by atoms with Crippen LogP contribution in [0.4, 0.5) is 0 Å². The molecule has 0 atom stereocenters. The molecule has 1 N–H and O–H groups in total. The van der Waals surface area contributed by atoms with Crippen LogP contribution in [0.1, 0.15) is 0 Å². The number of hydrogen-bond acceptors (Lipinski definition) is 1. The standard InChI is InChI=1S/C46H27NO/c1-3-14-32-29(11-1)30-12-2-8-19-37(30)46-45(32)39-26-27(21-23-40(39)47-46)43-33-15-4-6-17-35(33)44(36-18-7-5-16-34(36)43)28-22-24-42-38(25-28)31-13-9-10-20-41(31)48-42/h1-26,47H. The Morgan fingerprint density at radius 3 is 1.44 bits per heavy atom. The summed E-state index contributed by atoms with van der Waals surface area (Å²) >= 11 is 0. The smallest absolute Gasteiger partial charge is 0.135 e. The lowest BCUT2D eigenvalue weighted by molar-refractivity contribution is 0.669. The van der Waals surface area contributed by atoms with E-state index in [0.29, 0.717) is 0 Å². The maximum Gasteiger partial charge on any atom is 0.135 e. The molecule has 2 heterocycles. The van der Waals surface area contributed by atoms with Gasteiger partial charge < -0.3 is 9.40 Å². The minimum absolute atomic E-state index is 0.914. The van der Waals surface area contributed by atoms with Gasteiger partial charge in [0.05, 0.1) is 5.52 Å². The van der Waals surface area contributed by atoms with Crippen LogP contribution in [-0.2, 0) is 0 Å². The molecule has 11 aromatic rings. The van der Waals surface area contributed by atoms with Crippen molar-refractivity contribution in [3.8, 4) is 22.3 Å². The normalized spacial score (nSPS) is 12.2. The molecule has 0 amide bonds. The van der Waals surface area contributed by atoms with E-state index in [9.17, 15) is 0 Å². The van der Waals surface area contributed by atoms with Crippen molar-refractivity contribution in [2.75, 3.05) is 0 Å². The van der Waals surface area contributed by atoms with Gasteiger partial charge in [-0.2, -0.15) is 0 Å². The summed E-state index contributed by atoms with van der Waals surface area (Å²) in [5.41, 5.74) is 9.11. The molecule has 0 aliphatic heterocycles. The zero-order valence-electron chi connectivity index (χ0n) is 25.9. The minimum atomic E-state index is 0.914. The molecular formula is C46H27NO. The summed E-state index contributed by atoms with van der Waals surface area (Å²) in [6.07, 6.45) is 0. The van der Waals surface area contributed by atoms with Crippen LogP contribution < -0.4 is 0 Å². The molecule has 0 aliphatic carbocycles. The molecule has 0 aliphatic rings. The van der Waals surface area contributed by atoms with Crippen LogP contribution in [0.3, 0.4) is 0 Å². The van der Waals surface area contributed by atoms with Gasteiger partial charge in [-0.25, -0.2) is 0 Å². The van der Waals surface area contributed by atoms with Crippen LogP contribution >= 0.6 is 0 Å². The second-order valence-corrected chi connectivity index (χ2v) is 12.9. The van der Waals surface area contributed by atoms with Gasteiger partial charge >= 0.3 is 0 Å². The number of aromatic nitrogens is 1. The molecule has 0 spiro atoms. The highest BCUT2D eigenvalue weighted by molar-refractivity contribution is 6.32. The molecule has 0 saturated carbocycles. The number of para-hydroxylation sites is 1. The highest BCUT2D eigenvalue weighted by Gasteiger charge is 2.19. The number of fused-ring (bicyclic) bond motifs is 13. The van der Waals surface area contributed by atoms with Gasteiger partial charge in [0.2, 0.25) is 0 Å². The van der Waals surface area contributed by atoms with Gasteiger partial charge in [0.1, 0.15) is 11.2 Å². The molecule has 0 radical (unpaired) electrons. The first-order valence-corrected chi connectivity index (χ1v) is 16.5. The topological polar surface area (TPSA) is 28.9 Å². The second-order valence-electron chi connectivity index (χ2n) is 12.9. The predicted molar refractivity (Wildman–Crippen MR) is 204 cm³/mol. The number of nitrogens with one attached hydrogen (secondary N) is 1. The maximum absolute atomic E-state index is 6.20. The van der Waals surface area contributed by atoms with Crippen molar-refractivity contribution < 1.29 is 4.42 Å². The minimum Gasteiger partial charge on any atom is -0.456 e. The maximum atomic E-state index is 6.20. The molecule has 0 unspecified atom stereocenters. The highest BCUT2D eigenvalue weighted by Crippen LogP contribution is 2.46. The van der Waals surface area contributed by atoms with Crippen molar-refractivity contribution in [3.63, 3.8) is 0 Å². The fourth-order valence-corrected chi connectivity index (χ4v) is 8.33. The fourth-order valence-electron chi connectivity index (χ4n) is 8.33. The zero-order valence-corrected chi connectivity index (χ0v) is 25.9. The van der Waals surface area contributed by atoms with Gasteiger partial charge in [-0.15, -0.1) is 0 Å². The number of hydrogen-bond donors (Lipinski definition) is 1. The van der Waals surface area contributed by atoms with Crippen molar-refractivity contribution in [2.24, 2.45) is 0 Å². The van der Waals surface area contributed by atoms with E-state index in [1.165, 1.54) is 81.6 Å². The lowest BCUT2D eigenvalue weighted by Crippen LogP contribution is -1.90. The van der Waals surface area contributed by atoms with E-state index in [0.717, 1.165) is 27.5 Å². The first kappa shape index (κ1) is 25.8. The molecule has 222 valence electrons. The number of furan rings is 1. The van der Waals surface area contributed by atoms with E-state index >= 15 is 0 Å².